The summed E-state index contributed by atoms with van der Waals surface area (Å²) in [7, 11) is 1.37. The van der Waals surface area contributed by atoms with Gasteiger partial charge in [0.2, 0.25) is 0 Å². The molecular formula is C21H26N2O4. The summed E-state index contributed by atoms with van der Waals surface area (Å²) in [6.45, 7) is 5.37. The number of rotatable bonds is 4. The van der Waals surface area contributed by atoms with Gasteiger partial charge in [0.1, 0.15) is 0 Å². The van der Waals surface area contributed by atoms with Gasteiger partial charge in [0.25, 0.3) is 0 Å². The minimum absolute atomic E-state index is 0.00367. The molecule has 0 spiro atoms. The number of fused-ring (bicyclic) bond motifs is 2. The number of esters is 1. The van der Waals surface area contributed by atoms with E-state index in [1.807, 2.05) is 26.0 Å². The molecule has 0 unspecified atom stereocenters. The van der Waals surface area contributed by atoms with Crippen LogP contribution < -0.4 is 5.32 Å². The Morgan fingerprint density at radius 3 is 2.37 bits per heavy atom. The molecule has 2 aliphatic heterocycles. The summed E-state index contributed by atoms with van der Waals surface area (Å²) in [5.74, 6) is -0.391. The van der Waals surface area contributed by atoms with Crippen molar-refractivity contribution in [3.63, 3.8) is 0 Å². The van der Waals surface area contributed by atoms with E-state index < -0.39 is 5.97 Å². The molecule has 0 aliphatic carbocycles. The van der Waals surface area contributed by atoms with Crippen LogP contribution in [0.25, 0.3) is 5.57 Å². The Balaban J connectivity index is 2.02. The summed E-state index contributed by atoms with van der Waals surface area (Å²) in [6, 6.07) is 6.98. The highest BCUT2D eigenvalue weighted by molar-refractivity contribution is 6.01. The lowest BCUT2D eigenvalue weighted by atomic mass is 9.88. The third kappa shape index (κ3) is 3.61. The van der Waals surface area contributed by atoms with Crippen molar-refractivity contribution in [3.05, 3.63) is 41.0 Å². The highest BCUT2D eigenvalue weighted by Gasteiger charge is 2.46. The van der Waals surface area contributed by atoms with Crippen LogP contribution in [-0.2, 0) is 9.53 Å². The molecule has 1 aromatic carbocycles. The van der Waals surface area contributed by atoms with Crippen LogP contribution in [0.2, 0.25) is 0 Å². The first-order valence-corrected chi connectivity index (χ1v) is 9.35. The summed E-state index contributed by atoms with van der Waals surface area (Å²) < 4.78 is 5.05. The first-order valence-electron chi connectivity index (χ1n) is 9.35. The summed E-state index contributed by atoms with van der Waals surface area (Å²) in [6.07, 6.45) is 2.20. The summed E-state index contributed by atoms with van der Waals surface area (Å²) >= 11 is 0. The molecule has 2 bridgehead atoms. The molecule has 6 nitrogen and oxygen atoms in total. The number of benzene rings is 1. The molecule has 1 N–H and O–H groups in total. The molecular weight excluding hydrogens is 344 g/mol. The molecule has 6 heteroatoms. The third-order valence-electron chi connectivity index (χ3n) is 5.29. The number of carbonyl (C=O) groups excluding carboxylic acids is 3. The summed E-state index contributed by atoms with van der Waals surface area (Å²) in [5, 5.41) is 2.94. The Hall–Kier alpha value is -2.63. The van der Waals surface area contributed by atoms with Gasteiger partial charge in [-0.25, -0.2) is 9.59 Å². The monoisotopic (exact) mass is 370 g/mol. The Bertz CT molecular complexity index is 795. The molecule has 2 heterocycles. The predicted octanol–water partition coefficient (Wildman–Crippen LogP) is 3.17. The summed E-state index contributed by atoms with van der Waals surface area (Å²) in [5.41, 5.74) is 3.01. The zero-order chi connectivity index (χ0) is 19.7. The molecule has 1 fully saturated rings. The second-order valence-corrected chi connectivity index (χ2v) is 7.48. The molecule has 2 aliphatic rings. The van der Waals surface area contributed by atoms with E-state index in [1.165, 1.54) is 14.0 Å². The van der Waals surface area contributed by atoms with Crippen LogP contribution in [0.3, 0.4) is 0 Å². The smallest absolute Gasteiger partial charge is 0.336 e. The Morgan fingerprint density at radius 2 is 1.81 bits per heavy atom. The maximum atomic E-state index is 12.7. The van der Waals surface area contributed by atoms with Crippen LogP contribution >= 0.6 is 0 Å². The van der Waals surface area contributed by atoms with Crippen molar-refractivity contribution in [2.24, 2.45) is 0 Å². The molecule has 2 amide bonds. The number of hydrogen-bond acceptors (Lipinski definition) is 4. The van der Waals surface area contributed by atoms with E-state index in [0.717, 1.165) is 24.0 Å². The average Bonchev–Trinajstić information content (AvgIpc) is 2.94. The minimum Gasteiger partial charge on any atom is -0.466 e. The van der Waals surface area contributed by atoms with Gasteiger partial charge < -0.3 is 15.0 Å². The van der Waals surface area contributed by atoms with Gasteiger partial charge in [-0.05, 0) is 51.2 Å². The van der Waals surface area contributed by atoms with Crippen LogP contribution in [0.1, 0.15) is 56.0 Å². The second-order valence-electron chi connectivity index (χ2n) is 7.48. The fourth-order valence-corrected chi connectivity index (χ4v) is 4.09. The number of nitrogens with zero attached hydrogens (tertiary/aromatic N) is 1. The van der Waals surface area contributed by atoms with Gasteiger partial charge in [-0.3, -0.25) is 4.79 Å². The van der Waals surface area contributed by atoms with E-state index in [1.54, 1.807) is 17.0 Å². The number of methoxy groups -OCH3 is 1. The predicted molar refractivity (Wildman–Crippen MR) is 102 cm³/mol. The van der Waals surface area contributed by atoms with Crippen LogP contribution in [0, 0.1) is 0 Å². The molecule has 1 aromatic rings. The zero-order valence-corrected chi connectivity index (χ0v) is 16.2. The number of carbonyl (C=O) groups is 3. The number of ketones is 1. The van der Waals surface area contributed by atoms with Gasteiger partial charge in [0.15, 0.2) is 5.78 Å². The van der Waals surface area contributed by atoms with Crippen molar-refractivity contribution < 1.29 is 19.1 Å². The maximum Gasteiger partial charge on any atom is 0.336 e. The number of Topliss-reactive ketones (excluding diaryl/α,β-unsaturated/α-hetero) is 1. The number of nitrogens with one attached hydrogen (secondary N) is 1. The minimum atomic E-state index is -0.395. The molecule has 0 aromatic heterocycles. The van der Waals surface area contributed by atoms with E-state index in [-0.39, 0.29) is 29.9 Å². The second kappa shape index (κ2) is 7.55. The van der Waals surface area contributed by atoms with Gasteiger partial charge in [0.05, 0.1) is 18.7 Å². The Labute approximate surface area is 159 Å². The molecule has 1 saturated heterocycles. The molecule has 3 rings (SSSR count). The van der Waals surface area contributed by atoms with E-state index in [4.69, 9.17) is 4.74 Å². The number of ether oxygens (including phenoxy) is 1. The van der Waals surface area contributed by atoms with Crippen molar-refractivity contribution in [1.82, 2.24) is 10.2 Å². The van der Waals surface area contributed by atoms with Crippen LogP contribution in [0.15, 0.2) is 29.8 Å². The van der Waals surface area contributed by atoms with E-state index in [2.05, 4.69) is 5.32 Å². The Morgan fingerprint density at radius 1 is 1.15 bits per heavy atom. The van der Waals surface area contributed by atoms with Crippen molar-refractivity contribution in [2.45, 2.75) is 58.2 Å². The lowest BCUT2D eigenvalue weighted by Gasteiger charge is -2.37. The number of hydrogen-bond donors (Lipinski definition) is 1. The van der Waals surface area contributed by atoms with Crippen LogP contribution in [0.5, 0.6) is 0 Å². The van der Waals surface area contributed by atoms with Gasteiger partial charge >= 0.3 is 12.0 Å². The number of amides is 2. The fraction of sp³-hybridized carbons (Fsp3) is 0.476. The molecule has 2 atom stereocenters. The Kier molecular flexibility index (Phi) is 5.35. The highest BCUT2D eigenvalue weighted by Crippen LogP contribution is 2.43. The fourth-order valence-electron chi connectivity index (χ4n) is 4.09. The largest absolute Gasteiger partial charge is 0.466 e. The van der Waals surface area contributed by atoms with Crippen molar-refractivity contribution >= 4 is 23.4 Å². The first-order chi connectivity index (χ1) is 12.8. The van der Waals surface area contributed by atoms with E-state index >= 15 is 0 Å². The molecule has 144 valence electrons. The maximum absolute atomic E-state index is 12.7. The third-order valence-corrected chi connectivity index (χ3v) is 5.29. The van der Waals surface area contributed by atoms with Gasteiger partial charge in [-0.15, -0.1) is 0 Å². The molecule has 0 radical (unpaired) electrons. The number of urea groups is 1. The van der Waals surface area contributed by atoms with Gasteiger partial charge in [0, 0.05) is 17.6 Å². The van der Waals surface area contributed by atoms with Crippen molar-refractivity contribution in [2.75, 3.05) is 7.11 Å². The highest BCUT2D eigenvalue weighted by atomic mass is 16.5. The zero-order valence-electron chi connectivity index (χ0n) is 16.2. The quantitative estimate of drug-likeness (QED) is 0.652. The van der Waals surface area contributed by atoms with Gasteiger partial charge in [-0.1, -0.05) is 24.3 Å². The average molecular weight is 370 g/mol. The topological polar surface area (TPSA) is 75.7 Å². The first kappa shape index (κ1) is 19.1. The normalized spacial score (nSPS) is 21.4. The van der Waals surface area contributed by atoms with E-state index in [9.17, 15) is 14.4 Å². The standard InChI is InChI=1S/C21H26N2O4/c1-12(2)22-21(26)23-16-9-10-18(23)19(20(25)27-4)17(11-16)15-7-5-14(6-8-15)13(3)24/h5-8,12,16,18H,9-11H2,1-4H3,(H,22,26)/t16-,18+/m1/s1. The van der Waals surface area contributed by atoms with Gasteiger partial charge in [-0.2, -0.15) is 0 Å². The van der Waals surface area contributed by atoms with Crippen LogP contribution in [-0.4, -0.2) is 47.9 Å². The summed E-state index contributed by atoms with van der Waals surface area (Å²) in [4.78, 5) is 38.6. The van der Waals surface area contributed by atoms with Crippen molar-refractivity contribution in [1.29, 1.82) is 0 Å². The van der Waals surface area contributed by atoms with Crippen molar-refractivity contribution in [3.8, 4) is 0 Å². The van der Waals surface area contributed by atoms with E-state index in [0.29, 0.717) is 17.6 Å². The molecule has 0 saturated carbocycles. The SMILES string of the molecule is COC(=O)C1=C(c2ccc(C(C)=O)cc2)C[C@H]2CC[C@@H]1N2C(=O)NC(C)C. The lowest BCUT2D eigenvalue weighted by molar-refractivity contribution is -0.136. The van der Waals surface area contributed by atoms with Crippen LogP contribution in [0.4, 0.5) is 4.79 Å². The lowest BCUT2D eigenvalue weighted by Crippen LogP contribution is -2.52. The molecule has 27 heavy (non-hydrogen) atoms.